The Morgan fingerprint density at radius 1 is 1.41 bits per heavy atom. The topological polar surface area (TPSA) is 88.1 Å². The lowest BCUT2D eigenvalue weighted by Crippen LogP contribution is -2.37. The number of fused-ring (bicyclic) bond motifs is 1. The summed E-state index contributed by atoms with van der Waals surface area (Å²) in [6.07, 6.45) is 0.496. The summed E-state index contributed by atoms with van der Waals surface area (Å²) in [4.78, 5) is 13.1. The third-order valence-electron chi connectivity index (χ3n) is 3.22. The fourth-order valence-corrected chi connectivity index (χ4v) is 3.61. The molecule has 0 atom stereocenters. The Hall–Kier alpha value is -1.93. The molecule has 0 fully saturated rings. The molecule has 0 spiro atoms. The van der Waals surface area contributed by atoms with Crippen LogP contribution in [0.15, 0.2) is 27.5 Å². The van der Waals surface area contributed by atoms with Gasteiger partial charge in [-0.15, -0.1) is 4.40 Å². The molecule has 0 bridgehead atoms. The quantitative estimate of drug-likeness (QED) is 0.888. The van der Waals surface area contributed by atoms with Gasteiger partial charge in [0.25, 0.3) is 10.0 Å². The highest BCUT2D eigenvalue weighted by molar-refractivity contribution is 7.90. The second-order valence-electron chi connectivity index (χ2n) is 4.84. The first-order valence-electron chi connectivity index (χ1n) is 6.91. The summed E-state index contributed by atoms with van der Waals surface area (Å²) in [6, 6.07) is 4.79. The number of anilines is 2. The van der Waals surface area contributed by atoms with Crippen molar-refractivity contribution in [1.29, 1.82) is 0 Å². The molecular weight excluding hydrogens is 306 g/mol. The van der Waals surface area contributed by atoms with E-state index >= 15 is 0 Å². The van der Waals surface area contributed by atoms with E-state index in [2.05, 4.69) is 9.71 Å². The number of hydrogen-bond donors (Lipinski definition) is 1. The minimum atomic E-state index is -3.77. The van der Waals surface area contributed by atoms with Crippen LogP contribution in [0.2, 0.25) is 0 Å². The van der Waals surface area contributed by atoms with Gasteiger partial charge >= 0.3 is 0 Å². The first kappa shape index (κ1) is 16.4. The predicted molar refractivity (Wildman–Crippen MR) is 84.9 cm³/mol. The maximum absolute atomic E-state index is 12.3. The highest BCUT2D eigenvalue weighted by Crippen LogP contribution is 2.34. The summed E-state index contributed by atoms with van der Waals surface area (Å²) >= 11 is 0. The SMILES string of the molecule is CCC1=NS(=O)(=O)c2cc(NC(C)=O)ccc2N1CCOC. The number of carbonyl (C=O) groups excluding carboxylic acids is 1. The molecule has 7 nitrogen and oxygen atoms in total. The summed E-state index contributed by atoms with van der Waals surface area (Å²) in [7, 11) is -2.18. The van der Waals surface area contributed by atoms with Gasteiger partial charge < -0.3 is 15.0 Å². The van der Waals surface area contributed by atoms with Gasteiger partial charge in [0.1, 0.15) is 10.7 Å². The van der Waals surface area contributed by atoms with Crippen LogP contribution in [0.25, 0.3) is 0 Å². The van der Waals surface area contributed by atoms with Gasteiger partial charge in [0.2, 0.25) is 5.91 Å². The lowest BCUT2D eigenvalue weighted by atomic mass is 10.2. The minimum Gasteiger partial charge on any atom is -0.383 e. The number of hydrogen-bond acceptors (Lipinski definition) is 5. The van der Waals surface area contributed by atoms with E-state index in [0.29, 0.717) is 36.8 Å². The van der Waals surface area contributed by atoms with Gasteiger partial charge in [0, 0.05) is 32.7 Å². The summed E-state index contributed by atoms with van der Waals surface area (Å²) in [5.74, 6) is 0.221. The Morgan fingerprint density at radius 3 is 2.73 bits per heavy atom. The number of methoxy groups -OCH3 is 1. The minimum absolute atomic E-state index is 0.0899. The molecule has 1 aromatic carbocycles. The molecule has 2 rings (SSSR count). The van der Waals surface area contributed by atoms with Gasteiger partial charge in [-0.25, -0.2) is 0 Å². The van der Waals surface area contributed by atoms with Crippen molar-refractivity contribution in [3.8, 4) is 0 Å². The van der Waals surface area contributed by atoms with E-state index < -0.39 is 10.0 Å². The molecule has 1 aliphatic rings. The summed E-state index contributed by atoms with van der Waals surface area (Å²) < 4.78 is 33.6. The van der Waals surface area contributed by atoms with Crippen molar-refractivity contribution in [3.05, 3.63) is 18.2 Å². The van der Waals surface area contributed by atoms with Crippen molar-refractivity contribution in [3.63, 3.8) is 0 Å². The maximum Gasteiger partial charge on any atom is 0.286 e. The smallest absolute Gasteiger partial charge is 0.286 e. The fourth-order valence-electron chi connectivity index (χ4n) is 2.29. The largest absolute Gasteiger partial charge is 0.383 e. The lowest BCUT2D eigenvalue weighted by Gasteiger charge is -2.30. The van der Waals surface area contributed by atoms with Crippen molar-refractivity contribution in [1.82, 2.24) is 0 Å². The fraction of sp³-hybridized carbons (Fsp3) is 0.429. The van der Waals surface area contributed by atoms with Crippen LogP contribution in [0.3, 0.4) is 0 Å². The predicted octanol–water partition coefficient (Wildman–Crippen LogP) is 1.61. The molecule has 22 heavy (non-hydrogen) atoms. The van der Waals surface area contributed by atoms with Crippen LogP contribution in [0, 0.1) is 0 Å². The van der Waals surface area contributed by atoms with Gasteiger partial charge in [-0.2, -0.15) is 8.42 Å². The van der Waals surface area contributed by atoms with Crippen LogP contribution in [0.4, 0.5) is 11.4 Å². The van der Waals surface area contributed by atoms with Crippen LogP contribution in [-0.4, -0.2) is 40.4 Å². The molecule has 1 N–H and O–H groups in total. The van der Waals surface area contributed by atoms with Crippen molar-refractivity contribution in [2.45, 2.75) is 25.2 Å². The van der Waals surface area contributed by atoms with Gasteiger partial charge in [-0.3, -0.25) is 4.79 Å². The molecule has 0 aromatic heterocycles. The monoisotopic (exact) mass is 325 g/mol. The number of benzene rings is 1. The van der Waals surface area contributed by atoms with E-state index in [0.717, 1.165) is 0 Å². The summed E-state index contributed by atoms with van der Waals surface area (Å²) in [6.45, 7) is 4.17. The van der Waals surface area contributed by atoms with Crippen molar-refractivity contribution in [2.24, 2.45) is 4.40 Å². The number of nitrogens with one attached hydrogen (secondary N) is 1. The molecule has 120 valence electrons. The molecule has 0 aliphatic carbocycles. The van der Waals surface area contributed by atoms with Gasteiger partial charge in [-0.1, -0.05) is 6.92 Å². The van der Waals surface area contributed by atoms with E-state index in [1.54, 1.807) is 19.2 Å². The molecular formula is C14H19N3O4S. The Kier molecular flexibility index (Phi) is 4.82. The number of nitrogens with zero attached hydrogens (tertiary/aromatic N) is 2. The Bertz CT molecular complexity index is 713. The molecule has 1 amide bonds. The summed E-state index contributed by atoms with van der Waals surface area (Å²) in [5.41, 5.74) is 0.981. The zero-order valence-corrected chi connectivity index (χ0v) is 13.6. The Labute approximate surface area is 130 Å². The second kappa shape index (κ2) is 6.45. The van der Waals surface area contributed by atoms with Gasteiger partial charge in [-0.05, 0) is 18.2 Å². The molecule has 1 aliphatic heterocycles. The number of rotatable bonds is 5. The number of carbonyl (C=O) groups is 1. The van der Waals surface area contributed by atoms with Crippen molar-refractivity contribution in [2.75, 3.05) is 30.5 Å². The van der Waals surface area contributed by atoms with E-state index in [-0.39, 0.29) is 10.8 Å². The van der Waals surface area contributed by atoms with Crippen LogP contribution < -0.4 is 10.2 Å². The van der Waals surface area contributed by atoms with E-state index in [9.17, 15) is 13.2 Å². The van der Waals surface area contributed by atoms with Gasteiger partial charge in [0.05, 0.1) is 12.3 Å². The Morgan fingerprint density at radius 2 is 2.14 bits per heavy atom. The van der Waals surface area contributed by atoms with Gasteiger partial charge in [0.15, 0.2) is 0 Å². The van der Waals surface area contributed by atoms with Crippen molar-refractivity contribution >= 4 is 33.1 Å². The molecule has 0 radical (unpaired) electrons. The number of amidine groups is 1. The third-order valence-corrected chi connectivity index (χ3v) is 4.56. The lowest BCUT2D eigenvalue weighted by molar-refractivity contribution is -0.114. The van der Waals surface area contributed by atoms with Crippen LogP contribution in [-0.2, 0) is 19.6 Å². The first-order valence-corrected chi connectivity index (χ1v) is 8.35. The van der Waals surface area contributed by atoms with Crippen molar-refractivity contribution < 1.29 is 17.9 Å². The highest BCUT2D eigenvalue weighted by atomic mass is 32.2. The number of sulfonamides is 1. The van der Waals surface area contributed by atoms with Crippen LogP contribution in [0.1, 0.15) is 20.3 Å². The van der Waals surface area contributed by atoms with E-state index in [4.69, 9.17) is 4.74 Å². The molecule has 0 saturated carbocycles. The summed E-state index contributed by atoms with van der Waals surface area (Å²) in [5, 5.41) is 2.58. The average molecular weight is 325 g/mol. The standard InChI is InChI=1S/C14H19N3O4S/c1-4-14-16-22(19,20)13-9-11(15-10(2)18)5-6-12(13)17(14)7-8-21-3/h5-6,9H,4,7-8H2,1-3H3,(H,15,18). The average Bonchev–Trinajstić information content (AvgIpc) is 2.45. The number of ether oxygens (including phenoxy) is 1. The zero-order valence-electron chi connectivity index (χ0n) is 12.8. The van der Waals surface area contributed by atoms with E-state index in [1.807, 2.05) is 11.8 Å². The molecule has 1 aromatic rings. The molecule has 0 saturated heterocycles. The molecule has 1 heterocycles. The van der Waals surface area contributed by atoms with Crippen LogP contribution in [0.5, 0.6) is 0 Å². The second-order valence-corrected chi connectivity index (χ2v) is 6.42. The maximum atomic E-state index is 12.3. The Balaban J connectivity index is 2.52. The zero-order chi connectivity index (χ0) is 16.3. The van der Waals surface area contributed by atoms with Crippen LogP contribution >= 0.6 is 0 Å². The normalized spacial score (nSPS) is 16.0. The molecule has 8 heteroatoms. The van der Waals surface area contributed by atoms with E-state index in [1.165, 1.54) is 13.0 Å². The highest BCUT2D eigenvalue weighted by Gasteiger charge is 2.30. The first-order chi connectivity index (χ1) is 10.4. The number of amides is 1. The molecule has 0 unspecified atom stereocenters. The third kappa shape index (κ3) is 3.28.